The van der Waals surface area contributed by atoms with Crippen LogP contribution >= 0.6 is 0 Å². The van der Waals surface area contributed by atoms with E-state index in [1.54, 1.807) is 19.1 Å². The van der Waals surface area contributed by atoms with Crippen molar-refractivity contribution in [1.29, 1.82) is 0 Å². The van der Waals surface area contributed by atoms with Crippen molar-refractivity contribution in [2.24, 2.45) is 0 Å². The predicted molar refractivity (Wildman–Crippen MR) is 47.2 cm³/mol. The summed E-state index contributed by atoms with van der Waals surface area (Å²) in [7, 11) is 0. The molecule has 0 radical (unpaired) electrons. The first-order chi connectivity index (χ1) is 6.09. The standard InChI is InChI=1S/C9H8FNO2/c1-7-2-3-8(6-9(7)10)4-5-11(12)13/h2-6H,1H3/b5-4+. The second kappa shape index (κ2) is 3.80. The molecule has 0 aliphatic carbocycles. The van der Waals surface area contributed by atoms with E-state index >= 15 is 0 Å². The molecular formula is C9H8FNO2. The largest absolute Gasteiger partial charge is 0.259 e. The first-order valence-electron chi connectivity index (χ1n) is 3.67. The topological polar surface area (TPSA) is 43.1 Å². The summed E-state index contributed by atoms with van der Waals surface area (Å²) in [6, 6.07) is 4.46. The van der Waals surface area contributed by atoms with E-state index in [1.165, 1.54) is 12.1 Å². The molecule has 0 heterocycles. The van der Waals surface area contributed by atoms with Crippen LogP contribution in [0, 0.1) is 22.9 Å². The van der Waals surface area contributed by atoms with Gasteiger partial charge in [-0.2, -0.15) is 0 Å². The molecule has 0 bridgehead atoms. The highest BCUT2D eigenvalue weighted by molar-refractivity contribution is 5.48. The van der Waals surface area contributed by atoms with E-state index in [9.17, 15) is 14.5 Å². The van der Waals surface area contributed by atoms with Crippen molar-refractivity contribution in [3.8, 4) is 0 Å². The molecule has 1 aromatic rings. The van der Waals surface area contributed by atoms with Crippen molar-refractivity contribution in [1.82, 2.24) is 0 Å². The number of hydrogen-bond acceptors (Lipinski definition) is 2. The maximum atomic E-state index is 12.9. The fraction of sp³-hybridized carbons (Fsp3) is 0.111. The van der Waals surface area contributed by atoms with Crippen molar-refractivity contribution in [3.05, 3.63) is 51.5 Å². The van der Waals surface area contributed by atoms with E-state index < -0.39 is 4.92 Å². The molecule has 4 heteroatoms. The van der Waals surface area contributed by atoms with Crippen LogP contribution in [0.25, 0.3) is 6.08 Å². The van der Waals surface area contributed by atoms with Gasteiger partial charge in [0.1, 0.15) is 5.82 Å². The van der Waals surface area contributed by atoms with Crippen LogP contribution in [0.5, 0.6) is 0 Å². The Hall–Kier alpha value is -1.71. The van der Waals surface area contributed by atoms with Crippen LogP contribution in [0.3, 0.4) is 0 Å². The van der Waals surface area contributed by atoms with Gasteiger partial charge in [-0.05, 0) is 24.1 Å². The van der Waals surface area contributed by atoms with Gasteiger partial charge in [0, 0.05) is 6.08 Å². The van der Waals surface area contributed by atoms with Crippen LogP contribution in [0.1, 0.15) is 11.1 Å². The zero-order valence-corrected chi connectivity index (χ0v) is 7.03. The van der Waals surface area contributed by atoms with Gasteiger partial charge < -0.3 is 0 Å². The summed E-state index contributed by atoms with van der Waals surface area (Å²) in [6.45, 7) is 1.64. The van der Waals surface area contributed by atoms with Gasteiger partial charge in [0.25, 0.3) is 0 Å². The van der Waals surface area contributed by atoms with Crippen LogP contribution in [0.4, 0.5) is 4.39 Å². The second-order valence-corrected chi connectivity index (χ2v) is 2.61. The number of benzene rings is 1. The highest BCUT2D eigenvalue weighted by atomic mass is 19.1. The third-order valence-corrected chi connectivity index (χ3v) is 1.58. The number of nitro groups is 1. The highest BCUT2D eigenvalue weighted by Crippen LogP contribution is 2.10. The maximum Gasteiger partial charge on any atom is 0.235 e. The van der Waals surface area contributed by atoms with Crippen LogP contribution < -0.4 is 0 Å². The van der Waals surface area contributed by atoms with E-state index in [2.05, 4.69) is 0 Å². The average molecular weight is 181 g/mol. The van der Waals surface area contributed by atoms with Crippen LogP contribution in [0.15, 0.2) is 24.4 Å². The number of halogens is 1. The molecule has 0 saturated carbocycles. The maximum absolute atomic E-state index is 12.9. The number of hydrogen-bond donors (Lipinski definition) is 0. The summed E-state index contributed by atoms with van der Waals surface area (Å²) in [5.74, 6) is -0.356. The number of nitrogens with zero attached hydrogens (tertiary/aromatic N) is 1. The van der Waals surface area contributed by atoms with Crippen molar-refractivity contribution < 1.29 is 9.31 Å². The molecule has 0 N–H and O–H groups in total. The van der Waals surface area contributed by atoms with Crippen molar-refractivity contribution in [2.45, 2.75) is 6.92 Å². The smallest absolute Gasteiger partial charge is 0.235 e. The molecule has 0 aliphatic heterocycles. The lowest BCUT2D eigenvalue weighted by Crippen LogP contribution is -1.85. The second-order valence-electron chi connectivity index (χ2n) is 2.61. The molecule has 0 unspecified atom stereocenters. The minimum atomic E-state index is -0.586. The Labute approximate surface area is 74.7 Å². The molecule has 0 aliphatic rings. The van der Waals surface area contributed by atoms with Gasteiger partial charge in [0.2, 0.25) is 6.20 Å². The monoisotopic (exact) mass is 181 g/mol. The van der Waals surface area contributed by atoms with Crippen molar-refractivity contribution in [2.75, 3.05) is 0 Å². The third kappa shape index (κ3) is 2.66. The fourth-order valence-corrected chi connectivity index (χ4v) is 0.860. The zero-order valence-electron chi connectivity index (χ0n) is 7.03. The Balaban J connectivity index is 2.92. The summed E-state index contributed by atoms with van der Waals surface area (Å²) in [6.07, 6.45) is 2.03. The van der Waals surface area contributed by atoms with E-state index in [0.29, 0.717) is 11.1 Å². The Morgan fingerprint density at radius 1 is 1.54 bits per heavy atom. The van der Waals surface area contributed by atoms with E-state index in [-0.39, 0.29) is 5.82 Å². The minimum absolute atomic E-state index is 0.356. The molecule has 0 atom stereocenters. The molecular weight excluding hydrogens is 173 g/mol. The lowest BCUT2D eigenvalue weighted by atomic mass is 10.1. The Morgan fingerprint density at radius 3 is 2.77 bits per heavy atom. The lowest BCUT2D eigenvalue weighted by molar-refractivity contribution is -0.400. The minimum Gasteiger partial charge on any atom is -0.259 e. The first kappa shape index (κ1) is 9.38. The number of aryl methyl sites for hydroxylation is 1. The number of rotatable bonds is 2. The van der Waals surface area contributed by atoms with Gasteiger partial charge in [-0.1, -0.05) is 12.1 Å². The Bertz CT molecular complexity index is 361. The highest BCUT2D eigenvalue weighted by Gasteiger charge is 1.97. The van der Waals surface area contributed by atoms with Gasteiger partial charge in [-0.15, -0.1) is 0 Å². The third-order valence-electron chi connectivity index (χ3n) is 1.58. The molecule has 13 heavy (non-hydrogen) atoms. The molecule has 0 amide bonds. The van der Waals surface area contributed by atoms with Gasteiger partial charge >= 0.3 is 0 Å². The van der Waals surface area contributed by atoms with Crippen LogP contribution in [-0.4, -0.2) is 4.92 Å². The molecule has 3 nitrogen and oxygen atoms in total. The summed E-state index contributed by atoms with van der Waals surface area (Å²) < 4.78 is 12.9. The van der Waals surface area contributed by atoms with Gasteiger partial charge in [-0.25, -0.2) is 4.39 Å². The normalized spacial score (nSPS) is 10.6. The summed E-state index contributed by atoms with van der Waals surface area (Å²) in [5, 5.41) is 9.95. The van der Waals surface area contributed by atoms with Crippen molar-refractivity contribution >= 4 is 6.08 Å². The molecule has 0 spiro atoms. The van der Waals surface area contributed by atoms with E-state index in [1.807, 2.05) is 0 Å². The SMILES string of the molecule is Cc1ccc(/C=C/[N+](=O)[O-])cc1F. The fourth-order valence-electron chi connectivity index (χ4n) is 0.860. The van der Waals surface area contributed by atoms with Crippen molar-refractivity contribution in [3.63, 3.8) is 0 Å². The predicted octanol–water partition coefficient (Wildman–Crippen LogP) is 2.38. The van der Waals surface area contributed by atoms with E-state index in [4.69, 9.17) is 0 Å². The molecule has 0 saturated heterocycles. The molecule has 0 aromatic heterocycles. The first-order valence-corrected chi connectivity index (χ1v) is 3.67. The molecule has 68 valence electrons. The Morgan fingerprint density at radius 2 is 2.23 bits per heavy atom. The van der Waals surface area contributed by atoms with E-state index in [0.717, 1.165) is 6.20 Å². The van der Waals surface area contributed by atoms with Gasteiger partial charge in [0.05, 0.1) is 4.92 Å². The zero-order chi connectivity index (χ0) is 9.84. The van der Waals surface area contributed by atoms with Crippen LogP contribution in [-0.2, 0) is 0 Å². The van der Waals surface area contributed by atoms with Crippen LogP contribution in [0.2, 0.25) is 0 Å². The molecule has 1 aromatic carbocycles. The summed E-state index contributed by atoms with van der Waals surface area (Å²) in [5.41, 5.74) is 1.01. The summed E-state index contributed by atoms with van der Waals surface area (Å²) in [4.78, 5) is 9.36. The molecule has 0 fully saturated rings. The lowest BCUT2D eigenvalue weighted by Gasteiger charge is -1.95. The quantitative estimate of drug-likeness (QED) is 0.519. The molecule has 1 rings (SSSR count). The van der Waals surface area contributed by atoms with Gasteiger partial charge in [0.15, 0.2) is 0 Å². The summed E-state index contributed by atoms with van der Waals surface area (Å²) >= 11 is 0. The average Bonchev–Trinajstić information content (AvgIpc) is 2.07. The van der Waals surface area contributed by atoms with Gasteiger partial charge in [-0.3, -0.25) is 10.1 Å². The Kier molecular flexibility index (Phi) is 2.74.